The van der Waals surface area contributed by atoms with Gasteiger partial charge in [-0.3, -0.25) is 4.79 Å². The van der Waals surface area contributed by atoms with Crippen molar-refractivity contribution in [3.8, 4) is 0 Å². The van der Waals surface area contributed by atoms with Crippen molar-refractivity contribution < 1.29 is 4.74 Å². The van der Waals surface area contributed by atoms with Crippen LogP contribution in [0, 0.1) is 0 Å². The van der Waals surface area contributed by atoms with Gasteiger partial charge in [0.2, 0.25) is 0 Å². The number of rotatable bonds is 4. The van der Waals surface area contributed by atoms with Crippen LogP contribution in [0.1, 0.15) is 30.5 Å². The van der Waals surface area contributed by atoms with Crippen LogP contribution in [0.5, 0.6) is 0 Å². The molecule has 5 rings (SSSR count). The number of nitrogens with zero attached hydrogens (tertiary/aromatic N) is 4. The van der Waals surface area contributed by atoms with Gasteiger partial charge in [-0.15, -0.1) is 0 Å². The highest BCUT2D eigenvalue weighted by atomic mass is 16.5. The van der Waals surface area contributed by atoms with Gasteiger partial charge < -0.3 is 10.1 Å². The van der Waals surface area contributed by atoms with E-state index >= 15 is 0 Å². The Hall–Kier alpha value is -2.80. The van der Waals surface area contributed by atoms with Crippen molar-refractivity contribution in [2.75, 3.05) is 18.5 Å². The van der Waals surface area contributed by atoms with Crippen LogP contribution in [0.4, 0.5) is 5.82 Å². The van der Waals surface area contributed by atoms with Gasteiger partial charge in [-0.2, -0.15) is 5.10 Å². The lowest BCUT2D eigenvalue weighted by atomic mass is 10.1. The molecule has 1 saturated carbocycles. The van der Waals surface area contributed by atoms with E-state index in [2.05, 4.69) is 20.4 Å². The van der Waals surface area contributed by atoms with Gasteiger partial charge in [0.15, 0.2) is 0 Å². The average molecular weight is 349 g/mol. The van der Waals surface area contributed by atoms with Gasteiger partial charge in [0, 0.05) is 17.4 Å². The van der Waals surface area contributed by atoms with E-state index in [1.54, 1.807) is 17.1 Å². The molecule has 2 unspecified atom stereocenters. The fourth-order valence-corrected chi connectivity index (χ4v) is 3.49. The minimum Gasteiger partial charge on any atom is -0.377 e. The molecule has 2 aliphatic rings. The molecule has 2 aromatic heterocycles. The molecule has 0 radical (unpaired) electrons. The second kappa shape index (κ2) is 6.17. The number of para-hydroxylation sites is 1. The highest BCUT2D eigenvalue weighted by Gasteiger charge is 2.33. The Morgan fingerprint density at radius 2 is 1.96 bits per heavy atom. The standard InChI is InChI=1S/C19H19N5O2/c25-18-8-7-14(12-5-6-12)23-24(18)17-10-26-9-16(17)22-19-13-3-1-2-4-15(13)20-11-21-19/h1-4,7-8,11-12,16-17H,5-6,9-10H2,(H,20,21,22). The van der Waals surface area contributed by atoms with Gasteiger partial charge >= 0.3 is 0 Å². The van der Waals surface area contributed by atoms with Gasteiger partial charge in [0.25, 0.3) is 5.56 Å². The molecule has 0 bridgehead atoms. The van der Waals surface area contributed by atoms with Crippen molar-refractivity contribution >= 4 is 16.7 Å². The third-order valence-corrected chi connectivity index (χ3v) is 5.07. The number of hydrogen-bond acceptors (Lipinski definition) is 6. The molecule has 3 aromatic rings. The van der Waals surface area contributed by atoms with Crippen LogP contribution in [0.25, 0.3) is 10.9 Å². The summed E-state index contributed by atoms with van der Waals surface area (Å²) in [5, 5.41) is 9.02. The molecule has 1 saturated heterocycles. The lowest BCUT2D eigenvalue weighted by molar-refractivity contribution is 0.182. The third-order valence-electron chi connectivity index (χ3n) is 5.07. The van der Waals surface area contributed by atoms with E-state index in [0.717, 1.165) is 35.3 Å². The fraction of sp³-hybridized carbons (Fsp3) is 0.368. The zero-order valence-electron chi connectivity index (χ0n) is 14.2. The van der Waals surface area contributed by atoms with Gasteiger partial charge in [-0.25, -0.2) is 14.6 Å². The summed E-state index contributed by atoms with van der Waals surface area (Å²) >= 11 is 0. The minimum atomic E-state index is -0.157. The first-order valence-electron chi connectivity index (χ1n) is 8.93. The maximum atomic E-state index is 12.4. The largest absolute Gasteiger partial charge is 0.377 e. The Kier molecular flexibility index (Phi) is 3.67. The normalized spacial score (nSPS) is 22.6. The Balaban J connectivity index is 1.48. The predicted molar refractivity (Wildman–Crippen MR) is 97.3 cm³/mol. The van der Waals surface area contributed by atoms with Crippen LogP contribution in [-0.2, 0) is 4.74 Å². The summed E-state index contributed by atoms with van der Waals surface area (Å²) in [4.78, 5) is 21.1. The summed E-state index contributed by atoms with van der Waals surface area (Å²) in [6.07, 6.45) is 3.86. The Bertz CT molecular complexity index is 1010. The molecule has 2 fully saturated rings. The molecule has 132 valence electrons. The van der Waals surface area contributed by atoms with Crippen LogP contribution in [0.3, 0.4) is 0 Å². The van der Waals surface area contributed by atoms with Gasteiger partial charge in [-0.1, -0.05) is 12.1 Å². The second-order valence-corrected chi connectivity index (χ2v) is 6.91. The first-order valence-corrected chi connectivity index (χ1v) is 8.93. The first-order chi connectivity index (χ1) is 12.8. The van der Waals surface area contributed by atoms with Crippen LogP contribution in [0.2, 0.25) is 0 Å². The van der Waals surface area contributed by atoms with Crippen LogP contribution < -0.4 is 10.9 Å². The maximum absolute atomic E-state index is 12.4. The van der Waals surface area contributed by atoms with Crippen LogP contribution >= 0.6 is 0 Å². The molecule has 7 nitrogen and oxygen atoms in total. The monoisotopic (exact) mass is 349 g/mol. The van der Waals surface area contributed by atoms with E-state index in [0.29, 0.717) is 19.1 Å². The first kappa shape index (κ1) is 15.5. The Labute approximate surface area is 150 Å². The number of benzene rings is 1. The molecule has 1 aliphatic heterocycles. The SMILES string of the molecule is O=c1ccc(C2CC2)nn1C1COCC1Nc1ncnc2ccccc12. The summed E-state index contributed by atoms with van der Waals surface area (Å²) in [5.41, 5.74) is 1.79. The van der Waals surface area contributed by atoms with Gasteiger partial charge in [0.05, 0.1) is 30.5 Å². The molecule has 26 heavy (non-hydrogen) atoms. The van der Waals surface area contributed by atoms with Crippen LogP contribution in [-0.4, -0.2) is 39.0 Å². The van der Waals surface area contributed by atoms with E-state index in [9.17, 15) is 4.79 Å². The molecule has 1 aliphatic carbocycles. The number of fused-ring (bicyclic) bond motifs is 1. The van der Waals surface area contributed by atoms with E-state index in [4.69, 9.17) is 4.74 Å². The second-order valence-electron chi connectivity index (χ2n) is 6.91. The fourth-order valence-electron chi connectivity index (χ4n) is 3.49. The van der Waals surface area contributed by atoms with Crippen molar-refractivity contribution in [2.24, 2.45) is 0 Å². The Morgan fingerprint density at radius 1 is 1.08 bits per heavy atom. The van der Waals surface area contributed by atoms with Crippen molar-refractivity contribution in [3.63, 3.8) is 0 Å². The zero-order valence-corrected chi connectivity index (χ0v) is 14.2. The quantitative estimate of drug-likeness (QED) is 0.777. The molecule has 7 heteroatoms. The number of anilines is 1. The van der Waals surface area contributed by atoms with Crippen molar-refractivity contribution in [1.29, 1.82) is 0 Å². The summed E-state index contributed by atoms with van der Waals surface area (Å²) in [6.45, 7) is 0.965. The maximum Gasteiger partial charge on any atom is 0.267 e. The Morgan fingerprint density at radius 3 is 2.85 bits per heavy atom. The predicted octanol–water partition coefficient (Wildman–Crippen LogP) is 2.12. The summed E-state index contributed by atoms with van der Waals surface area (Å²) in [6, 6.07) is 11.1. The van der Waals surface area contributed by atoms with Crippen molar-refractivity contribution in [1.82, 2.24) is 19.7 Å². The van der Waals surface area contributed by atoms with Crippen LogP contribution in [0.15, 0.2) is 47.5 Å². The number of hydrogen-bond donors (Lipinski definition) is 1. The molecule has 2 atom stereocenters. The average Bonchev–Trinajstić information content (AvgIpc) is 3.42. The number of nitrogens with one attached hydrogen (secondary N) is 1. The summed E-state index contributed by atoms with van der Waals surface area (Å²) in [7, 11) is 0. The van der Waals surface area contributed by atoms with Crippen molar-refractivity contribution in [2.45, 2.75) is 30.8 Å². The number of aromatic nitrogens is 4. The molecular formula is C19H19N5O2. The van der Waals surface area contributed by atoms with E-state index in [1.807, 2.05) is 30.3 Å². The smallest absolute Gasteiger partial charge is 0.267 e. The van der Waals surface area contributed by atoms with Gasteiger partial charge in [0.1, 0.15) is 18.2 Å². The lowest BCUT2D eigenvalue weighted by Gasteiger charge is -2.21. The topological polar surface area (TPSA) is 81.9 Å². The molecule has 1 N–H and O–H groups in total. The lowest BCUT2D eigenvalue weighted by Crippen LogP contribution is -2.37. The van der Waals surface area contributed by atoms with Crippen molar-refractivity contribution in [3.05, 3.63) is 58.8 Å². The minimum absolute atomic E-state index is 0.0760. The molecule has 0 amide bonds. The molecule has 0 spiro atoms. The van der Waals surface area contributed by atoms with E-state index in [1.165, 1.54) is 0 Å². The number of ether oxygens (including phenoxy) is 1. The summed E-state index contributed by atoms with van der Waals surface area (Å²) < 4.78 is 7.26. The van der Waals surface area contributed by atoms with E-state index in [-0.39, 0.29) is 17.6 Å². The highest BCUT2D eigenvalue weighted by Crippen LogP contribution is 2.38. The van der Waals surface area contributed by atoms with E-state index < -0.39 is 0 Å². The van der Waals surface area contributed by atoms with Gasteiger partial charge in [-0.05, 0) is 31.0 Å². The molecule has 3 heterocycles. The highest BCUT2D eigenvalue weighted by molar-refractivity contribution is 5.88. The molecule has 1 aromatic carbocycles. The molecular weight excluding hydrogens is 330 g/mol. The zero-order chi connectivity index (χ0) is 17.5. The third kappa shape index (κ3) is 2.74. The summed E-state index contributed by atoms with van der Waals surface area (Å²) in [5.74, 6) is 1.25.